The molecule has 0 bridgehead atoms. The van der Waals surface area contributed by atoms with Crippen LogP contribution in [0.4, 0.5) is 0 Å². The van der Waals surface area contributed by atoms with E-state index in [1.165, 1.54) is 0 Å². The van der Waals surface area contributed by atoms with Crippen molar-refractivity contribution < 1.29 is 4.79 Å². The molecule has 0 aliphatic heterocycles. The lowest BCUT2D eigenvalue weighted by molar-refractivity contribution is -0.125. The van der Waals surface area contributed by atoms with E-state index in [1.54, 1.807) is 0 Å². The Labute approximate surface area is 143 Å². The smallest absolute Gasteiger partial charge is 0.224 e. The largest absolute Gasteiger partial charge is 0.349 e. The molecule has 2 aromatic rings. The van der Waals surface area contributed by atoms with E-state index < -0.39 is 0 Å². The molecule has 2 atom stereocenters. The molecule has 0 aromatic heterocycles. The molecule has 2 N–H and O–H groups in total. The van der Waals surface area contributed by atoms with Gasteiger partial charge in [0, 0.05) is 17.5 Å². The number of hydrogen-bond donors (Lipinski definition) is 2. The molecule has 1 amide bonds. The molecule has 0 radical (unpaired) electrons. The van der Waals surface area contributed by atoms with Gasteiger partial charge in [-0.2, -0.15) is 0 Å². The summed E-state index contributed by atoms with van der Waals surface area (Å²) in [7, 11) is 1.85. The summed E-state index contributed by atoms with van der Waals surface area (Å²) in [6.07, 6.45) is 0.668. The Bertz CT molecular complexity index is 630. The molecule has 4 heteroatoms. The average molecular weight is 331 g/mol. The van der Waals surface area contributed by atoms with Gasteiger partial charge in [0.1, 0.15) is 0 Å². The highest BCUT2D eigenvalue weighted by molar-refractivity contribution is 6.31. The Kier molecular flexibility index (Phi) is 6.63. The van der Waals surface area contributed by atoms with E-state index in [0.29, 0.717) is 13.0 Å². The fraction of sp³-hybridized carbons (Fsp3) is 0.316. The molecule has 0 aliphatic rings. The molecule has 23 heavy (non-hydrogen) atoms. The first-order chi connectivity index (χ1) is 11.1. The molecule has 0 saturated carbocycles. The van der Waals surface area contributed by atoms with Crippen molar-refractivity contribution in [1.29, 1.82) is 0 Å². The normalized spacial score (nSPS) is 13.3. The van der Waals surface area contributed by atoms with Gasteiger partial charge < -0.3 is 10.6 Å². The molecule has 0 saturated heterocycles. The lowest BCUT2D eigenvalue weighted by Gasteiger charge is -2.22. The second kappa shape index (κ2) is 8.70. The fourth-order valence-corrected chi connectivity index (χ4v) is 2.75. The molecule has 0 unspecified atom stereocenters. The van der Waals surface area contributed by atoms with Crippen molar-refractivity contribution >= 4 is 17.5 Å². The molecule has 122 valence electrons. The average Bonchev–Trinajstić information content (AvgIpc) is 2.57. The van der Waals surface area contributed by atoms with Crippen molar-refractivity contribution in [2.24, 2.45) is 5.92 Å². The van der Waals surface area contributed by atoms with Crippen LogP contribution < -0.4 is 10.6 Å². The molecule has 2 aromatic carbocycles. The van der Waals surface area contributed by atoms with E-state index in [9.17, 15) is 4.79 Å². The third-order valence-electron chi connectivity index (χ3n) is 3.86. The van der Waals surface area contributed by atoms with Crippen molar-refractivity contribution in [1.82, 2.24) is 10.6 Å². The van der Waals surface area contributed by atoms with E-state index in [0.717, 1.165) is 16.1 Å². The van der Waals surface area contributed by atoms with Crippen LogP contribution >= 0.6 is 11.6 Å². The van der Waals surface area contributed by atoms with Crippen LogP contribution in [0.1, 0.15) is 24.1 Å². The molecule has 0 heterocycles. The van der Waals surface area contributed by atoms with Crippen molar-refractivity contribution in [3.8, 4) is 0 Å². The molecular weight excluding hydrogens is 308 g/mol. The summed E-state index contributed by atoms with van der Waals surface area (Å²) in [5.41, 5.74) is 2.11. The maximum Gasteiger partial charge on any atom is 0.224 e. The summed E-state index contributed by atoms with van der Waals surface area (Å²) in [5, 5.41) is 6.92. The lowest BCUT2D eigenvalue weighted by atomic mass is 9.98. The number of benzene rings is 2. The molecule has 3 nitrogen and oxygen atoms in total. The Morgan fingerprint density at radius 2 is 1.74 bits per heavy atom. The summed E-state index contributed by atoms with van der Waals surface area (Å²) >= 11 is 6.28. The van der Waals surface area contributed by atoms with Gasteiger partial charge in [-0.05, 0) is 30.7 Å². The molecule has 0 spiro atoms. The molecule has 2 rings (SSSR count). The second-order valence-electron chi connectivity index (χ2n) is 5.73. The Balaban J connectivity index is 2.19. The minimum absolute atomic E-state index is 0.0419. The quantitative estimate of drug-likeness (QED) is 0.814. The van der Waals surface area contributed by atoms with Gasteiger partial charge in [-0.3, -0.25) is 4.79 Å². The summed E-state index contributed by atoms with van der Waals surface area (Å²) < 4.78 is 0. The number of carbonyl (C=O) groups excluding carboxylic acids is 1. The van der Waals surface area contributed by atoms with Gasteiger partial charge in [-0.25, -0.2) is 0 Å². The minimum Gasteiger partial charge on any atom is -0.349 e. The summed E-state index contributed by atoms with van der Waals surface area (Å²) in [5.74, 6) is -0.0438. The number of halogens is 1. The number of hydrogen-bond acceptors (Lipinski definition) is 2. The first-order valence-corrected chi connectivity index (χ1v) is 8.23. The standard InChI is InChI=1S/C19H23ClN2O/c1-14(13-21-2)19(23)22-18(15-8-4-3-5-9-15)12-16-10-6-7-11-17(16)20/h3-11,14,18,21H,12-13H2,1-2H3,(H,22,23)/t14-,18+/m0/s1. The number of nitrogens with one attached hydrogen (secondary N) is 2. The first-order valence-electron chi connectivity index (χ1n) is 7.85. The topological polar surface area (TPSA) is 41.1 Å². The zero-order chi connectivity index (χ0) is 16.7. The van der Waals surface area contributed by atoms with E-state index in [1.807, 2.05) is 68.6 Å². The van der Waals surface area contributed by atoms with Gasteiger partial charge in [0.2, 0.25) is 5.91 Å². The van der Waals surface area contributed by atoms with Gasteiger partial charge in [0.05, 0.1) is 6.04 Å². The van der Waals surface area contributed by atoms with Crippen molar-refractivity contribution in [3.05, 3.63) is 70.7 Å². The van der Waals surface area contributed by atoms with Crippen LogP contribution in [0.2, 0.25) is 5.02 Å². The monoisotopic (exact) mass is 330 g/mol. The predicted octanol–water partition coefficient (Wildman–Crippen LogP) is 3.60. The Morgan fingerprint density at radius 1 is 1.09 bits per heavy atom. The maximum absolute atomic E-state index is 12.4. The zero-order valence-corrected chi connectivity index (χ0v) is 14.3. The predicted molar refractivity (Wildman–Crippen MR) is 95.6 cm³/mol. The summed E-state index contributed by atoms with van der Waals surface area (Å²) in [6.45, 7) is 2.57. The van der Waals surface area contributed by atoms with E-state index in [4.69, 9.17) is 11.6 Å². The Morgan fingerprint density at radius 3 is 2.39 bits per heavy atom. The van der Waals surface area contributed by atoms with Gasteiger partial charge in [0.15, 0.2) is 0 Å². The van der Waals surface area contributed by atoms with Gasteiger partial charge >= 0.3 is 0 Å². The van der Waals surface area contributed by atoms with E-state index in [-0.39, 0.29) is 17.9 Å². The first kappa shape index (κ1) is 17.5. The second-order valence-corrected chi connectivity index (χ2v) is 6.13. The summed E-state index contributed by atoms with van der Waals surface area (Å²) in [6, 6.07) is 17.7. The van der Waals surface area contributed by atoms with Crippen LogP contribution in [-0.2, 0) is 11.2 Å². The van der Waals surface area contributed by atoms with Crippen LogP contribution in [0.5, 0.6) is 0 Å². The minimum atomic E-state index is -0.0945. The van der Waals surface area contributed by atoms with Crippen molar-refractivity contribution in [3.63, 3.8) is 0 Å². The summed E-state index contributed by atoms with van der Waals surface area (Å²) in [4.78, 5) is 12.4. The molecular formula is C19H23ClN2O. The SMILES string of the molecule is CNC[C@H](C)C(=O)N[C@H](Cc1ccccc1Cl)c1ccccc1. The van der Waals surface area contributed by atoms with E-state index >= 15 is 0 Å². The van der Waals surface area contributed by atoms with Crippen LogP contribution in [0.25, 0.3) is 0 Å². The lowest BCUT2D eigenvalue weighted by Crippen LogP contribution is -2.37. The van der Waals surface area contributed by atoms with Crippen molar-refractivity contribution in [2.75, 3.05) is 13.6 Å². The zero-order valence-electron chi connectivity index (χ0n) is 13.6. The van der Waals surface area contributed by atoms with Crippen LogP contribution in [0.15, 0.2) is 54.6 Å². The number of amides is 1. The molecule has 0 fully saturated rings. The highest BCUT2D eigenvalue weighted by Gasteiger charge is 2.19. The number of carbonyl (C=O) groups is 1. The van der Waals surface area contributed by atoms with Gasteiger partial charge in [0.25, 0.3) is 0 Å². The van der Waals surface area contributed by atoms with Crippen LogP contribution in [0.3, 0.4) is 0 Å². The molecule has 0 aliphatic carbocycles. The van der Waals surface area contributed by atoms with Gasteiger partial charge in [-0.1, -0.05) is 67.1 Å². The fourth-order valence-electron chi connectivity index (χ4n) is 2.53. The van der Waals surface area contributed by atoms with Crippen LogP contribution in [0, 0.1) is 5.92 Å². The van der Waals surface area contributed by atoms with Crippen LogP contribution in [-0.4, -0.2) is 19.5 Å². The van der Waals surface area contributed by atoms with E-state index in [2.05, 4.69) is 10.6 Å². The van der Waals surface area contributed by atoms with Crippen molar-refractivity contribution in [2.45, 2.75) is 19.4 Å². The third kappa shape index (κ3) is 5.08. The Hall–Kier alpha value is -1.84. The number of rotatable bonds is 7. The third-order valence-corrected chi connectivity index (χ3v) is 4.23. The highest BCUT2D eigenvalue weighted by Crippen LogP contribution is 2.23. The highest BCUT2D eigenvalue weighted by atomic mass is 35.5. The maximum atomic E-state index is 12.4. The van der Waals surface area contributed by atoms with Gasteiger partial charge in [-0.15, -0.1) is 0 Å².